The maximum Gasteiger partial charge on any atom is 0.264 e. The number of carbonyl (C=O) groups is 1. The molecule has 0 atom stereocenters. The molecule has 8 heteroatoms. The van der Waals surface area contributed by atoms with Crippen molar-refractivity contribution in [1.29, 1.82) is 0 Å². The van der Waals surface area contributed by atoms with Crippen LogP contribution >= 0.6 is 23.2 Å². The van der Waals surface area contributed by atoms with Crippen molar-refractivity contribution in [3.63, 3.8) is 0 Å². The van der Waals surface area contributed by atoms with Crippen LogP contribution in [0.5, 0.6) is 0 Å². The molecule has 6 rings (SSSR count). The molecule has 4 saturated carbocycles. The fraction of sp³-hybridized carbons (Fsp3) is 0.458. The molecule has 4 bridgehead atoms. The zero-order valence-corrected chi connectivity index (χ0v) is 20.0. The number of hydrogen-bond acceptors (Lipinski definition) is 3. The number of amides is 1. The second-order valence-corrected chi connectivity index (χ2v) is 12.3. The molecule has 4 aliphatic rings. The molecule has 1 amide bonds. The average Bonchev–Trinajstić information content (AvgIpc) is 2.73. The van der Waals surface area contributed by atoms with Gasteiger partial charge in [-0.1, -0.05) is 41.4 Å². The molecule has 4 fully saturated rings. The van der Waals surface area contributed by atoms with Crippen molar-refractivity contribution < 1.29 is 13.2 Å². The lowest BCUT2D eigenvalue weighted by Crippen LogP contribution is -2.61. The third-order valence-electron chi connectivity index (χ3n) is 7.25. The van der Waals surface area contributed by atoms with Gasteiger partial charge in [0.1, 0.15) is 6.54 Å². The molecule has 0 radical (unpaired) electrons. The minimum Gasteiger partial charge on any atom is -0.349 e. The number of rotatable bonds is 6. The van der Waals surface area contributed by atoms with E-state index in [2.05, 4.69) is 5.32 Å². The first-order valence-electron chi connectivity index (χ1n) is 11.1. The maximum atomic E-state index is 13.5. The van der Waals surface area contributed by atoms with Crippen molar-refractivity contribution in [3.8, 4) is 0 Å². The normalized spacial score (nSPS) is 28.5. The Morgan fingerprint density at radius 3 is 2.09 bits per heavy atom. The number of halogens is 2. The van der Waals surface area contributed by atoms with Gasteiger partial charge in [0.05, 0.1) is 20.6 Å². The van der Waals surface area contributed by atoms with Crippen LogP contribution in [-0.2, 0) is 14.8 Å². The quantitative estimate of drug-likeness (QED) is 0.596. The Balaban J connectivity index is 1.43. The highest BCUT2D eigenvalue weighted by Gasteiger charge is 2.51. The van der Waals surface area contributed by atoms with Crippen LogP contribution in [-0.4, -0.2) is 26.4 Å². The van der Waals surface area contributed by atoms with E-state index < -0.39 is 10.0 Å². The number of benzene rings is 2. The van der Waals surface area contributed by atoms with Crippen molar-refractivity contribution in [2.24, 2.45) is 17.8 Å². The number of sulfonamides is 1. The van der Waals surface area contributed by atoms with Crippen LogP contribution in [0.25, 0.3) is 0 Å². The lowest BCUT2D eigenvalue weighted by molar-refractivity contribution is -0.125. The number of hydrogen-bond donors (Lipinski definition) is 1. The van der Waals surface area contributed by atoms with Crippen molar-refractivity contribution in [2.45, 2.75) is 49.0 Å². The molecule has 0 aromatic heterocycles. The van der Waals surface area contributed by atoms with Crippen molar-refractivity contribution in [2.75, 3.05) is 10.8 Å². The second kappa shape index (κ2) is 8.23. The number of anilines is 1. The Bertz CT molecular complexity index is 1100. The van der Waals surface area contributed by atoms with Crippen molar-refractivity contribution >= 4 is 44.8 Å². The minimum absolute atomic E-state index is 0.119. The van der Waals surface area contributed by atoms with Gasteiger partial charge in [-0.2, -0.15) is 0 Å². The van der Waals surface area contributed by atoms with E-state index in [1.54, 1.807) is 30.3 Å². The van der Waals surface area contributed by atoms with E-state index in [0.717, 1.165) is 23.6 Å². The summed E-state index contributed by atoms with van der Waals surface area (Å²) in [7, 11) is -3.97. The van der Waals surface area contributed by atoms with Gasteiger partial charge in [0.15, 0.2) is 0 Å². The van der Waals surface area contributed by atoms with Gasteiger partial charge in [0.25, 0.3) is 10.0 Å². The first kappa shape index (κ1) is 22.1. The lowest BCUT2D eigenvalue weighted by Gasteiger charge is -2.57. The molecule has 0 spiro atoms. The predicted octanol–water partition coefficient (Wildman–Crippen LogP) is 5.27. The molecule has 0 aliphatic heterocycles. The predicted molar refractivity (Wildman–Crippen MR) is 126 cm³/mol. The van der Waals surface area contributed by atoms with E-state index in [-0.39, 0.29) is 27.9 Å². The van der Waals surface area contributed by atoms with E-state index in [1.165, 1.54) is 37.5 Å². The molecule has 0 unspecified atom stereocenters. The summed E-state index contributed by atoms with van der Waals surface area (Å²) in [6, 6.07) is 12.7. The number of nitrogens with one attached hydrogen (secondary N) is 1. The highest BCUT2D eigenvalue weighted by Crippen LogP contribution is 2.55. The summed E-state index contributed by atoms with van der Waals surface area (Å²) in [4.78, 5) is 13.4. The van der Waals surface area contributed by atoms with Crippen LogP contribution in [0.4, 0.5) is 5.69 Å². The number of carbonyl (C=O) groups excluding carboxylic acids is 1. The molecular weight excluding hydrogens is 467 g/mol. The van der Waals surface area contributed by atoms with Gasteiger partial charge < -0.3 is 5.32 Å². The summed E-state index contributed by atoms with van der Waals surface area (Å²) >= 11 is 12.2. The molecule has 2 aromatic carbocycles. The van der Waals surface area contributed by atoms with Crippen molar-refractivity contribution in [1.82, 2.24) is 5.32 Å². The first-order valence-corrected chi connectivity index (χ1v) is 13.3. The van der Waals surface area contributed by atoms with Gasteiger partial charge in [-0.25, -0.2) is 8.42 Å². The van der Waals surface area contributed by atoms with Crippen LogP contribution in [0.15, 0.2) is 53.4 Å². The standard InChI is InChI=1S/C24H26Cl2N2O3S/c25-21-7-6-19(11-22(21)26)28(32(30,31)20-4-2-1-3-5-20)15-23(29)27-24-12-16-8-17(13-24)10-18(9-16)14-24/h1-7,11,16-18H,8-10,12-15H2,(H,27,29). The van der Waals surface area contributed by atoms with Crippen LogP contribution in [0.3, 0.4) is 0 Å². The highest BCUT2D eigenvalue weighted by atomic mass is 35.5. The van der Waals surface area contributed by atoms with E-state index in [0.29, 0.717) is 28.5 Å². The third kappa shape index (κ3) is 4.13. The van der Waals surface area contributed by atoms with E-state index in [1.807, 2.05) is 0 Å². The Kier molecular flexibility index (Phi) is 5.67. The fourth-order valence-electron chi connectivity index (χ4n) is 6.40. The summed E-state index contributed by atoms with van der Waals surface area (Å²) < 4.78 is 28.1. The van der Waals surface area contributed by atoms with Gasteiger partial charge >= 0.3 is 0 Å². The third-order valence-corrected chi connectivity index (χ3v) is 9.78. The van der Waals surface area contributed by atoms with Gasteiger partial charge in [0.2, 0.25) is 5.91 Å². The molecule has 2 aromatic rings. The highest BCUT2D eigenvalue weighted by molar-refractivity contribution is 7.92. The smallest absolute Gasteiger partial charge is 0.264 e. The maximum absolute atomic E-state index is 13.5. The van der Waals surface area contributed by atoms with Gasteiger partial charge in [-0.15, -0.1) is 0 Å². The monoisotopic (exact) mass is 492 g/mol. The molecule has 4 aliphatic carbocycles. The summed E-state index contributed by atoms with van der Waals surface area (Å²) in [5.41, 5.74) is 0.120. The Morgan fingerprint density at radius 1 is 0.938 bits per heavy atom. The zero-order chi connectivity index (χ0) is 22.5. The topological polar surface area (TPSA) is 66.5 Å². The number of nitrogens with zero attached hydrogens (tertiary/aromatic N) is 1. The molecule has 170 valence electrons. The molecule has 0 heterocycles. The van der Waals surface area contributed by atoms with E-state index >= 15 is 0 Å². The zero-order valence-electron chi connectivity index (χ0n) is 17.6. The Hall–Kier alpha value is -1.76. The first-order chi connectivity index (χ1) is 15.2. The van der Waals surface area contributed by atoms with Crippen molar-refractivity contribution in [3.05, 3.63) is 58.6 Å². The molecular formula is C24H26Cl2N2O3S. The Morgan fingerprint density at radius 2 is 1.53 bits per heavy atom. The van der Waals surface area contributed by atoms with Crippen LogP contribution in [0.2, 0.25) is 10.0 Å². The van der Waals surface area contributed by atoms with Crippen LogP contribution in [0.1, 0.15) is 38.5 Å². The molecule has 5 nitrogen and oxygen atoms in total. The fourth-order valence-corrected chi connectivity index (χ4v) is 8.13. The molecule has 0 saturated heterocycles. The second-order valence-electron chi connectivity index (χ2n) is 9.67. The molecule has 32 heavy (non-hydrogen) atoms. The Labute approximate surface area is 199 Å². The summed E-state index contributed by atoms with van der Waals surface area (Å²) in [5.74, 6) is 1.76. The SMILES string of the molecule is O=C(CN(c1ccc(Cl)c(Cl)c1)S(=O)(=O)c1ccccc1)NC12CC3CC(CC(C3)C1)C2. The summed E-state index contributed by atoms with van der Waals surface area (Å²) in [6.07, 6.45) is 6.82. The van der Waals surface area contributed by atoms with E-state index in [9.17, 15) is 13.2 Å². The lowest BCUT2D eigenvalue weighted by atomic mass is 9.53. The summed E-state index contributed by atoms with van der Waals surface area (Å²) in [6.45, 7) is -0.309. The molecule has 1 N–H and O–H groups in total. The van der Waals surface area contributed by atoms with Gasteiger partial charge in [-0.3, -0.25) is 9.10 Å². The van der Waals surface area contributed by atoms with Crippen LogP contribution < -0.4 is 9.62 Å². The minimum atomic E-state index is -3.97. The summed E-state index contributed by atoms with van der Waals surface area (Å²) in [5, 5.41) is 3.83. The van der Waals surface area contributed by atoms with Gasteiger partial charge in [-0.05, 0) is 86.6 Å². The van der Waals surface area contributed by atoms with Gasteiger partial charge in [0, 0.05) is 5.54 Å². The largest absolute Gasteiger partial charge is 0.349 e. The average molecular weight is 493 g/mol. The van der Waals surface area contributed by atoms with E-state index in [4.69, 9.17) is 23.2 Å². The van der Waals surface area contributed by atoms with Crippen LogP contribution in [0, 0.1) is 17.8 Å².